The Balaban J connectivity index is 1.28. The fourth-order valence-corrected chi connectivity index (χ4v) is 5.04. The molecule has 156 valence electrons. The van der Waals surface area contributed by atoms with Crippen LogP contribution in [0.2, 0.25) is 0 Å². The van der Waals surface area contributed by atoms with E-state index in [1.165, 1.54) is 76.7 Å². The number of piperidine rings is 1. The van der Waals surface area contributed by atoms with Crippen LogP contribution in [-0.2, 0) is 6.54 Å². The molecule has 3 heterocycles. The summed E-state index contributed by atoms with van der Waals surface area (Å²) in [6.45, 7) is 11.1. The molecule has 0 N–H and O–H groups in total. The van der Waals surface area contributed by atoms with E-state index in [9.17, 15) is 4.79 Å². The SMILES string of the molecule is CC(C)Cn1ncc(C(=O)N2CCC(CCCN3CCCC3)CC2)c1C1CC1. The Labute approximate surface area is 170 Å². The van der Waals surface area contributed by atoms with Crippen LogP contribution >= 0.6 is 0 Å². The maximum atomic E-state index is 13.2. The molecule has 1 aliphatic carbocycles. The fraction of sp³-hybridized carbons (Fsp3) is 0.826. The van der Waals surface area contributed by atoms with Gasteiger partial charge in [0.1, 0.15) is 0 Å². The Morgan fingerprint density at radius 2 is 1.82 bits per heavy atom. The minimum absolute atomic E-state index is 0.229. The molecular weight excluding hydrogens is 348 g/mol. The lowest BCUT2D eigenvalue weighted by atomic mass is 9.91. The van der Waals surface area contributed by atoms with Crippen LogP contribution in [0, 0.1) is 11.8 Å². The zero-order valence-corrected chi connectivity index (χ0v) is 17.9. The maximum absolute atomic E-state index is 13.2. The average Bonchev–Trinajstić information content (AvgIpc) is 3.22. The fourth-order valence-electron chi connectivity index (χ4n) is 5.04. The van der Waals surface area contributed by atoms with E-state index in [0.29, 0.717) is 11.8 Å². The molecular formula is C23H38N4O. The van der Waals surface area contributed by atoms with E-state index < -0.39 is 0 Å². The molecule has 0 radical (unpaired) electrons. The predicted octanol–water partition coefficient (Wildman–Crippen LogP) is 4.14. The van der Waals surface area contributed by atoms with Gasteiger partial charge in [-0.1, -0.05) is 13.8 Å². The highest BCUT2D eigenvalue weighted by Crippen LogP contribution is 2.42. The molecule has 28 heavy (non-hydrogen) atoms. The summed E-state index contributed by atoms with van der Waals surface area (Å²) in [6.07, 6.45) is 12.0. The first kappa shape index (κ1) is 19.9. The number of carbonyl (C=O) groups excluding carboxylic acids is 1. The van der Waals surface area contributed by atoms with Gasteiger partial charge in [-0.3, -0.25) is 9.48 Å². The van der Waals surface area contributed by atoms with Gasteiger partial charge in [0.2, 0.25) is 0 Å². The zero-order chi connectivity index (χ0) is 19.5. The minimum Gasteiger partial charge on any atom is -0.339 e. The summed E-state index contributed by atoms with van der Waals surface area (Å²) < 4.78 is 2.11. The second-order valence-electron chi connectivity index (χ2n) is 9.72. The number of nitrogens with zero attached hydrogens (tertiary/aromatic N) is 4. The largest absolute Gasteiger partial charge is 0.339 e. The smallest absolute Gasteiger partial charge is 0.257 e. The molecule has 0 unspecified atom stereocenters. The molecule has 4 rings (SSSR count). The van der Waals surface area contributed by atoms with Crippen molar-refractivity contribution in [3.05, 3.63) is 17.5 Å². The van der Waals surface area contributed by atoms with Crippen LogP contribution in [0.3, 0.4) is 0 Å². The number of carbonyl (C=O) groups is 1. The summed E-state index contributed by atoms with van der Waals surface area (Å²) >= 11 is 0. The van der Waals surface area contributed by atoms with Crippen molar-refractivity contribution in [2.24, 2.45) is 11.8 Å². The Morgan fingerprint density at radius 3 is 2.46 bits per heavy atom. The molecule has 0 spiro atoms. The number of likely N-dealkylation sites (tertiary alicyclic amines) is 2. The number of aromatic nitrogens is 2. The second kappa shape index (κ2) is 8.98. The first-order chi connectivity index (χ1) is 13.6. The summed E-state index contributed by atoms with van der Waals surface area (Å²) in [4.78, 5) is 17.9. The topological polar surface area (TPSA) is 41.4 Å². The van der Waals surface area contributed by atoms with Gasteiger partial charge in [0.25, 0.3) is 5.91 Å². The minimum atomic E-state index is 0.229. The summed E-state index contributed by atoms with van der Waals surface area (Å²) in [6, 6.07) is 0. The van der Waals surface area contributed by atoms with Crippen LogP contribution in [0.15, 0.2) is 6.20 Å². The first-order valence-corrected chi connectivity index (χ1v) is 11.7. The Morgan fingerprint density at radius 1 is 1.11 bits per heavy atom. The van der Waals surface area contributed by atoms with Gasteiger partial charge < -0.3 is 9.80 Å². The van der Waals surface area contributed by atoms with Crippen LogP contribution in [-0.4, -0.2) is 58.2 Å². The second-order valence-corrected chi connectivity index (χ2v) is 9.72. The highest BCUT2D eigenvalue weighted by Gasteiger charge is 2.34. The van der Waals surface area contributed by atoms with Crippen molar-refractivity contribution in [2.45, 2.75) is 77.7 Å². The van der Waals surface area contributed by atoms with Gasteiger partial charge >= 0.3 is 0 Å². The first-order valence-electron chi connectivity index (χ1n) is 11.7. The quantitative estimate of drug-likeness (QED) is 0.674. The van der Waals surface area contributed by atoms with E-state index >= 15 is 0 Å². The summed E-state index contributed by atoms with van der Waals surface area (Å²) in [5.41, 5.74) is 2.10. The van der Waals surface area contributed by atoms with Crippen molar-refractivity contribution in [1.29, 1.82) is 0 Å². The van der Waals surface area contributed by atoms with Crippen LogP contribution in [0.25, 0.3) is 0 Å². The molecule has 5 heteroatoms. The molecule has 0 aromatic carbocycles. The number of rotatable bonds is 8. The van der Waals surface area contributed by atoms with E-state index in [1.54, 1.807) is 0 Å². The van der Waals surface area contributed by atoms with E-state index in [0.717, 1.165) is 31.1 Å². The highest BCUT2D eigenvalue weighted by molar-refractivity contribution is 5.95. The third kappa shape index (κ3) is 4.79. The van der Waals surface area contributed by atoms with E-state index in [2.05, 4.69) is 33.4 Å². The van der Waals surface area contributed by atoms with Crippen LogP contribution < -0.4 is 0 Å². The standard InChI is InChI=1S/C23H38N4O/c1-18(2)17-27-22(20-7-8-20)21(16-24-27)23(28)26-14-9-19(10-15-26)6-5-13-25-11-3-4-12-25/h16,18-20H,3-15,17H2,1-2H3. The summed E-state index contributed by atoms with van der Waals surface area (Å²) in [5.74, 6) is 2.14. The average molecular weight is 387 g/mol. The van der Waals surface area contributed by atoms with E-state index in [1.807, 2.05) is 6.20 Å². The molecule has 3 aliphatic rings. The lowest BCUT2D eigenvalue weighted by Gasteiger charge is -2.32. The predicted molar refractivity (Wildman–Crippen MR) is 113 cm³/mol. The molecule has 1 aromatic rings. The Bertz CT molecular complexity index is 650. The van der Waals surface area contributed by atoms with Gasteiger partial charge in [-0.15, -0.1) is 0 Å². The molecule has 0 atom stereocenters. The number of amides is 1. The van der Waals surface area contributed by atoms with E-state index in [4.69, 9.17) is 0 Å². The van der Waals surface area contributed by atoms with Crippen molar-refractivity contribution in [2.75, 3.05) is 32.7 Å². The Kier molecular flexibility index (Phi) is 6.39. The Hall–Kier alpha value is -1.36. The number of hydrogen-bond donors (Lipinski definition) is 0. The molecule has 1 aromatic heterocycles. The molecule has 1 amide bonds. The summed E-state index contributed by atoms with van der Waals surface area (Å²) in [5, 5.41) is 4.59. The number of hydrogen-bond acceptors (Lipinski definition) is 3. The van der Waals surface area contributed by atoms with Gasteiger partial charge in [0.15, 0.2) is 0 Å². The van der Waals surface area contributed by atoms with Gasteiger partial charge in [-0.05, 0) is 82.8 Å². The summed E-state index contributed by atoms with van der Waals surface area (Å²) in [7, 11) is 0. The van der Waals surface area contributed by atoms with Crippen molar-refractivity contribution < 1.29 is 4.79 Å². The lowest BCUT2D eigenvalue weighted by molar-refractivity contribution is 0.0683. The monoisotopic (exact) mass is 386 g/mol. The normalized spacial score (nSPS) is 21.8. The zero-order valence-electron chi connectivity index (χ0n) is 17.9. The van der Waals surface area contributed by atoms with Gasteiger partial charge in [-0.25, -0.2) is 0 Å². The lowest BCUT2D eigenvalue weighted by Crippen LogP contribution is -2.39. The van der Waals surface area contributed by atoms with Gasteiger partial charge in [0.05, 0.1) is 17.5 Å². The third-order valence-corrected chi connectivity index (χ3v) is 6.80. The van der Waals surface area contributed by atoms with E-state index in [-0.39, 0.29) is 5.91 Å². The van der Waals surface area contributed by atoms with Crippen molar-refractivity contribution in [3.8, 4) is 0 Å². The van der Waals surface area contributed by atoms with Crippen molar-refractivity contribution >= 4 is 5.91 Å². The van der Waals surface area contributed by atoms with Gasteiger partial charge in [0, 0.05) is 25.6 Å². The van der Waals surface area contributed by atoms with Gasteiger partial charge in [-0.2, -0.15) is 5.10 Å². The molecule has 1 saturated carbocycles. The highest BCUT2D eigenvalue weighted by atomic mass is 16.2. The molecule has 3 fully saturated rings. The van der Waals surface area contributed by atoms with Crippen LogP contribution in [0.4, 0.5) is 0 Å². The molecule has 0 bridgehead atoms. The molecule has 2 aliphatic heterocycles. The van der Waals surface area contributed by atoms with Crippen LogP contribution in [0.1, 0.15) is 87.2 Å². The third-order valence-electron chi connectivity index (χ3n) is 6.80. The molecule has 5 nitrogen and oxygen atoms in total. The van der Waals surface area contributed by atoms with Crippen molar-refractivity contribution in [3.63, 3.8) is 0 Å². The maximum Gasteiger partial charge on any atom is 0.257 e. The van der Waals surface area contributed by atoms with Crippen LogP contribution in [0.5, 0.6) is 0 Å². The van der Waals surface area contributed by atoms with Crippen molar-refractivity contribution in [1.82, 2.24) is 19.6 Å². The molecule has 2 saturated heterocycles.